The average molecular weight is 575 g/mol. The van der Waals surface area contributed by atoms with Crippen molar-refractivity contribution in [1.29, 1.82) is 0 Å². The van der Waals surface area contributed by atoms with E-state index < -0.39 is 6.61 Å². The Balaban J connectivity index is 0.00000385. The van der Waals surface area contributed by atoms with Crippen LogP contribution in [0.25, 0.3) is 0 Å². The summed E-state index contributed by atoms with van der Waals surface area (Å²) in [6.07, 6.45) is 5.04. The lowest BCUT2D eigenvalue weighted by Gasteiger charge is -2.18. The van der Waals surface area contributed by atoms with Gasteiger partial charge in [-0.15, -0.1) is 24.0 Å². The van der Waals surface area contributed by atoms with E-state index in [1.54, 1.807) is 19.2 Å². The van der Waals surface area contributed by atoms with Crippen LogP contribution in [-0.2, 0) is 13.1 Å². The van der Waals surface area contributed by atoms with Gasteiger partial charge in [-0.2, -0.15) is 8.78 Å². The van der Waals surface area contributed by atoms with E-state index in [0.29, 0.717) is 30.4 Å². The second-order valence-electron chi connectivity index (χ2n) is 7.49. The summed E-state index contributed by atoms with van der Waals surface area (Å²) in [7, 11) is 1.66. The molecule has 0 amide bonds. The maximum Gasteiger partial charge on any atom is 0.387 e. The molecule has 0 aliphatic carbocycles. The zero-order valence-electron chi connectivity index (χ0n) is 19.0. The highest BCUT2D eigenvalue weighted by Crippen LogP contribution is 2.26. The van der Waals surface area contributed by atoms with Gasteiger partial charge in [-0.25, -0.2) is 4.98 Å². The van der Waals surface area contributed by atoms with Gasteiger partial charge < -0.3 is 25.0 Å². The molecule has 2 N–H and O–H groups in total. The molecule has 0 spiro atoms. The minimum atomic E-state index is -2.91. The van der Waals surface area contributed by atoms with Crippen molar-refractivity contribution in [1.82, 2.24) is 15.6 Å². The Kier molecular flexibility index (Phi) is 11.4. The highest BCUT2D eigenvalue weighted by molar-refractivity contribution is 14.0. The summed E-state index contributed by atoms with van der Waals surface area (Å²) in [4.78, 5) is 11.0. The molecule has 1 aliphatic rings. The fourth-order valence-corrected chi connectivity index (χ4v) is 3.47. The SMILES string of the molecule is CCCOc1ccc(CNC(=NC)NCc2ccnc(N3CCCC3)c2)c(OC(F)F)c1.I. The van der Waals surface area contributed by atoms with Crippen LogP contribution in [0.2, 0.25) is 0 Å². The number of aromatic nitrogens is 1. The summed E-state index contributed by atoms with van der Waals surface area (Å²) in [6, 6.07) is 9.00. The molecule has 1 aliphatic heterocycles. The van der Waals surface area contributed by atoms with Crippen LogP contribution in [-0.4, -0.2) is 44.3 Å². The Bertz CT molecular complexity index is 895. The first-order chi connectivity index (χ1) is 15.6. The van der Waals surface area contributed by atoms with E-state index in [-0.39, 0.29) is 36.3 Å². The molecule has 1 aromatic heterocycles. The highest BCUT2D eigenvalue weighted by Gasteiger charge is 2.14. The number of guanidine groups is 1. The first-order valence-corrected chi connectivity index (χ1v) is 10.9. The number of ether oxygens (including phenoxy) is 2. The van der Waals surface area contributed by atoms with Gasteiger partial charge >= 0.3 is 6.61 Å². The van der Waals surface area contributed by atoms with Crippen molar-refractivity contribution in [3.05, 3.63) is 47.7 Å². The van der Waals surface area contributed by atoms with E-state index in [2.05, 4.69) is 31.6 Å². The quantitative estimate of drug-likeness (QED) is 0.246. The van der Waals surface area contributed by atoms with E-state index in [4.69, 9.17) is 9.47 Å². The third-order valence-electron chi connectivity index (χ3n) is 5.10. The van der Waals surface area contributed by atoms with Crippen LogP contribution in [0.1, 0.15) is 37.3 Å². The summed E-state index contributed by atoms with van der Waals surface area (Å²) in [5.74, 6) is 2.13. The van der Waals surface area contributed by atoms with E-state index in [1.807, 2.05) is 19.2 Å². The molecule has 33 heavy (non-hydrogen) atoms. The lowest BCUT2D eigenvalue weighted by molar-refractivity contribution is -0.0505. The van der Waals surface area contributed by atoms with Gasteiger partial charge in [0.1, 0.15) is 17.3 Å². The Labute approximate surface area is 211 Å². The fraction of sp³-hybridized carbons (Fsp3) is 0.478. The topological polar surface area (TPSA) is 71.0 Å². The van der Waals surface area contributed by atoms with Crippen molar-refractivity contribution in [2.24, 2.45) is 4.99 Å². The number of alkyl halides is 2. The average Bonchev–Trinajstić information content (AvgIpc) is 3.33. The Morgan fingerprint density at radius 3 is 2.61 bits per heavy atom. The van der Waals surface area contributed by atoms with Gasteiger partial charge in [-0.05, 0) is 49.1 Å². The largest absolute Gasteiger partial charge is 0.493 e. The number of pyridine rings is 1. The number of hydrogen-bond acceptors (Lipinski definition) is 5. The highest BCUT2D eigenvalue weighted by atomic mass is 127. The predicted octanol–water partition coefficient (Wildman–Crippen LogP) is 4.56. The van der Waals surface area contributed by atoms with Gasteiger partial charge in [0, 0.05) is 51.1 Å². The Morgan fingerprint density at radius 1 is 1.15 bits per heavy atom. The minimum absolute atomic E-state index is 0. The summed E-state index contributed by atoms with van der Waals surface area (Å²) >= 11 is 0. The number of benzene rings is 1. The second kappa shape index (κ2) is 14.0. The van der Waals surface area contributed by atoms with E-state index in [0.717, 1.165) is 30.9 Å². The van der Waals surface area contributed by atoms with Crippen LogP contribution in [0.3, 0.4) is 0 Å². The molecule has 2 heterocycles. The standard InChI is InChI=1S/C23H31F2N5O2.HI/c1-3-12-31-19-7-6-18(20(14-19)32-22(24)25)16-29-23(26-2)28-15-17-8-9-27-21(13-17)30-10-4-5-11-30;/h6-9,13-14,22H,3-5,10-12,15-16H2,1-2H3,(H2,26,28,29);1H. The van der Waals surface area contributed by atoms with Gasteiger partial charge in [0.05, 0.1) is 6.61 Å². The lowest BCUT2D eigenvalue weighted by Crippen LogP contribution is -2.36. The molecule has 0 radical (unpaired) electrons. The molecule has 1 aromatic carbocycles. The van der Waals surface area contributed by atoms with Crippen molar-refractivity contribution in [3.8, 4) is 11.5 Å². The molecule has 2 aromatic rings. The van der Waals surface area contributed by atoms with Crippen LogP contribution in [0, 0.1) is 0 Å². The Morgan fingerprint density at radius 2 is 1.91 bits per heavy atom. The number of nitrogens with zero attached hydrogens (tertiary/aromatic N) is 3. The van der Waals surface area contributed by atoms with E-state index >= 15 is 0 Å². The smallest absolute Gasteiger partial charge is 0.387 e. The van der Waals surface area contributed by atoms with Gasteiger partial charge in [0.2, 0.25) is 0 Å². The molecule has 0 saturated carbocycles. The first kappa shape index (κ1) is 26.9. The van der Waals surface area contributed by atoms with Gasteiger partial charge in [-0.3, -0.25) is 4.99 Å². The Hall–Kier alpha value is -2.37. The third-order valence-corrected chi connectivity index (χ3v) is 5.10. The fourth-order valence-electron chi connectivity index (χ4n) is 3.47. The molecular formula is C23H32F2IN5O2. The van der Waals surface area contributed by atoms with Crippen molar-refractivity contribution >= 4 is 35.8 Å². The third kappa shape index (κ3) is 8.49. The maximum atomic E-state index is 12.9. The van der Waals surface area contributed by atoms with Crippen LogP contribution in [0.5, 0.6) is 11.5 Å². The number of aliphatic imine (C=N–C) groups is 1. The lowest BCUT2D eigenvalue weighted by atomic mass is 10.2. The number of anilines is 1. The molecule has 0 bridgehead atoms. The number of hydrogen-bond donors (Lipinski definition) is 2. The predicted molar refractivity (Wildman–Crippen MR) is 137 cm³/mol. The normalized spacial score (nSPS) is 13.6. The van der Waals surface area contributed by atoms with Crippen LogP contribution >= 0.6 is 24.0 Å². The molecule has 1 fully saturated rings. The van der Waals surface area contributed by atoms with Gasteiger partial charge in [0.25, 0.3) is 0 Å². The van der Waals surface area contributed by atoms with E-state index in [1.165, 1.54) is 18.9 Å². The van der Waals surface area contributed by atoms with Gasteiger partial charge in [-0.1, -0.05) is 6.92 Å². The molecule has 3 rings (SSSR count). The molecular weight excluding hydrogens is 543 g/mol. The van der Waals surface area contributed by atoms with Gasteiger partial charge in [0.15, 0.2) is 5.96 Å². The summed E-state index contributed by atoms with van der Waals surface area (Å²) < 4.78 is 36.0. The van der Waals surface area contributed by atoms with Crippen molar-refractivity contribution in [2.75, 3.05) is 31.6 Å². The zero-order chi connectivity index (χ0) is 22.8. The maximum absolute atomic E-state index is 12.9. The molecule has 1 saturated heterocycles. The summed E-state index contributed by atoms with van der Waals surface area (Å²) in [5, 5.41) is 6.40. The summed E-state index contributed by atoms with van der Waals surface area (Å²) in [6.45, 7) is 2.49. The van der Waals surface area contributed by atoms with E-state index in [9.17, 15) is 8.78 Å². The zero-order valence-corrected chi connectivity index (χ0v) is 21.4. The molecule has 0 atom stereocenters. The van der Waals surface area contributed by atoms with Crippen molar-refractivity contribution in [3.63, 3.8) is 0 Å². The second-order valence-corrected chi connectivity index (χ2v) is 7.49. The number of halogens is 3. The molecule has 10 heteroatoms. The van der Waals surface area contributed by atoms with Crippen molar-refractivity contribution in [2.45, 2.75) is 45.9 Å². The molecule has 182 valence electrons. The first-order valence-electron chi connectivity index (χ1n) is 10.9. The number of nitrogens with one attached hydrogen (secondary N) is 2. The molecule has 7 nitrogen and oxygen atoms in total. The minimum Gasteiger partial charge on any atom is -0.493 e. The van der Waals surface area contributed by atoms with Crippen LogP contribution in [0.15, 0.2) is 41.5 Å². The van der Waals surface area contributed by atoms with Crippen LogP contribution < -0.4 is 25.0 Å². The summed E-state index contributed by atoms with van der Waals surface area (Å²) in [5.41, 5.74) is 1.67. The monoisotopic (exact) mass is 575 g/mol. The van der Waals surface area contributed by atoms with Crippen molar-refractivity contribution < 1.29 is 18.3 Å². The number of rotatable bonds is 10. The van der Waals surface area contributed by atoms with Crippen LogP contribution in [0.4, 0.5) is 14.6 Å². The molecule has 0 unspecified atom stereocenters.